The maximum atomic E-state index is 13.0. The second-order valence-electron chi connectivity index (χ2n) is 4.02. The molecule has 114 valence electrons. The smallest absolute Gasteiger partial charge is 0.418 e. The van der Waals surface area contributed by atoms with Crippen molar-refractivity contribution in [2.75, 3.05) is 18.0 Å². The van der Waals surface area contributed by atoms with Crippen LogP contribution in [0.25, 0.3) is 0 Å². The number of rotatable bonds is 6. The Labute approximate surface area is 117 Å². The summed E-state index contributed by atoms with van der Waals surface area (Å²) in [6.45, 7) is 2.51. The summed E-state index contributed by atoms with van der Waals surface area (Å²) in [4.78, 5) is 21.3. The molecule has 0 aliphatic carbocycles. The highest BCUT2D eigenvalue weighted by atomic mass is 19.4. The largest absolute Gasteiger partial charge is 0.480 e. The SMILES string of the molecule is C=CCN(CC(=O)O)c1ccc([N+](=O)[O-])cc1C(F)(F)F. The zero-order valence-corrected chi connectivity index (χ0v) is 10.6. The minimum Gasteiger partial charge on any atom is -0.480 e. The highest BCUT2D eigenvalue weighted by molar-refractivity contribution is 5.75. The number of nitrogens with zero attached hydrogens (tertiary/aromatic N) is 2. The van der Waals surface area contributed by atoms with Crippen molar-refractivity contribution in [3.8, 4) is 0 Å². The number of hydrogen-bond acceptors (Lipinski definition) is 4. The molecule has 0 bridgehead atoms. The average molecular weight is 304 g/mol. The van der Waals surface area contributed by atoms with Crippen LogP contribution < -0.4 is 4.90 Å². The zero-order valence-electron chi connectivity index (χ0n) is 10.6. The molecule has 21 heavy (non-hydrogen) atoms. The number of anilines is 1. The van der Waals surface area contributed by atoms with Crippen LogP contribution in [0.2, 0.25) is 0 Å². The molecule has 1 aromatic rings. The zero-order chi connectivity index (χ0) is 16.2. The van der Waals surface area contributed by atoms with Crippen molar-refractivity contribution < 1.29 is 28.0 Å². The van der Waals surface area contributed by atoms with Crippen LogP contribution in [0.5, 0.6) is 0 Å². The molecule has 0 heterocycles. The Kier molecular flexibility index (Phi) is 4.90. The van der Waals surface area contributed by atoms with Gasteiger partial charge in [-0.3, -0.25) is 14.9 Å². The van der Waals surface area contributed by atoms with Crippen LogP contribution in [-0.4, -0.2) is 29.1 Å². The van der Waals surface area contributed by atoms with Crippen LogP contribution in [-0.2, 0) is 11.0 Å². The van der Waals surface area contributed by atoms with E-state index in [1.165, 1.54) is 6.08 Å². The number of halogens is 3. The first-order valence-corrected chi connectivity index (χ1v) is 5.60. The van der Waals surface area contributed by atoms with E-state index in [0.29, 0.717) is 6.07 Å². The Morgan fingerprint density at radius 3 is 2.52 bits per heavy atom. The van der Waals surface area contributed by atoms with Gasteiger partial charge in [-0.1, -0.05) is 6.08 Å². The number of nitro benzene ring substituents is 1. The van der Waals surface area contributed by atoms with Gasteiger partial charge in [0.2, 0.25) is 0 Å². The lowest BCUT2D eigenvalue weighted by atomic mass is 10.1. The summed E-state index contributed by atoms with van der Waals surface area (Å²) in [7, 11) is 0. The van der Waals surface area contributed by atoms with E-state index in [4.69, 9.17) is 5.11 Å². The Morgan fingerprint density at radius 1 is 1.48 bits per heavy atom. The summed E-state index contributed by atoms with van der Waals surface area (Å²) < 4.78 is 39.0. The highest BCUT2D eigenvalue weighted by Crippen LogP contribution is 2.38. The molecule has 0 atom stereocenters. The second-order valence-corrected chi connectivity index (χ2v) is 4.02. The molecule has 0 aromatic heterocycles. The Balaban J connectivity index is 3.41. The fourth-order valence-corrected chi connectivity index (χ4v) is 1.71. The summed E-state index contributed by atoms with van der Waals surface area (Å²) in [5, 5.41) is 19.3. The molecular weight excluding hydrogens is 293 g/mol. The van der Waals surface area contributed by atoms with Crippen LogP contribution in [0, 0.1) is 10.1 Å². The lowest BCUT2D eigenvalue weighted by Gasteiger charge is -2.24. The molecule has 0 fully saturated rings. The van der Waals surface area contributed by atoms with Crippen molar-refractivity contribution in [3.63, 3.8) is 0 Å². The molecule has 1 N–H and O–H groups in total. The lowest BCUT2D eigenvalue weighted by Crippen LogP contribution is -2.31. The number of non-ortho nitro benzene ring substituents is 1. The van der Waals surface area contributed by atoms with Crippen molar-refractivity contribution in [2.45, 2.75) is 6.18 Å². The van der Waals surface area contributed by atoms with Gasteiger partial charge in [-0.25, -0.2) is 0 Å². The van der Waals surface area contributed by atoms with Gasteiger partial charge in [0.15, 0.2) is 0 Å². The third kappa shape index (κ3) is 4.20. The first-order valence-electron chi connectivity index (χ1n) is 5.60. The van der Waals surface area contributed by atoms with Crippen molar-refractivity contribution in [2.24, 2.45) is 0 Å². The van der Waals surface area contributed by atoms with Gasteiger partial charge in [-0.05, 0) is 6.07 Å². The topological polar surface area (TPSA) is 83.7 Å². The first kappa shape index (κ1) is 16.5. The van der Waals surface area contributed by atoms with Crippen molar-refractivity contribution >= 4 is 17.3 Å². The van der Waals surface area contributed by atoms with Gasteiger partial charge in [-0.2, -0.15) is 13.2 Å². The molecule has 6 nitrogen and oxygen atoms in total. The van der Waals surface area contributed by atoms with Gasteiger partial charge in [-0.15, -0.1) is 6.58 Å². The molecule has 0 aliphatic rings. The minimum absolute atomic E-state index is 0.146. The fraction of sp³-hybridized carbons (Fsp3) is 0.250. The molecule has 0 saturated heterocycles. The van der Waals surface area contributed by atoms with Crippen LogP contribution in [0.1, 0.15) is 5.56 Å². The van der Waals surface area contributed by atoms with Crippen LogP contribution in [0.3, 0.4) is 0 Å². The Morgan fingerprint density at radius 2 is 2.10 bits per heavy atom. The summed E-state index contributed by atoms with van der Waals surface area (Å²) in [6, 6.07) is 2.16. The molecule has 1 aromatic carbocycles. The molecular formula is C12H11F3N2O4. The number of alkyl halides is 3. The summed E-state index contributed by atoms with van der Waals surface area (Å²) in [6.07, 6.45) is -3.61. The maximum absolute atomic E-state index is 13.0. The molecule has 0 amide bonds. The summed E-state index contributed by atoms with van der Waals surface area (Å²) >= 11 is 0. The molecule has 0 radical (unpaired) electrons. The third-order valence-electron chi connectivity index (χ3n) is 2.51. The van der Waals surface area contributed by atoms with Gasteiger partial charge in [0.05, 0.1) is 16.2 Å². The van der Waals surface area contributed by atoms with Gasteiger partial charge < -0.3 is 10.0 Å². The van der Waals surface area contributed by atoms with Gasteiger partial charge in [0.1, 0.15) is 6.54 Å². The van der Waals surface area contributed by atoms with E-state index in [1.807, 2.05) is 0 Å². The van der Waals surface area contributed by atoms with Gasteiger partial charge in [0.25, 0.3) is 5.69 Å². The van der Waals surface area contributed by atoms with Crippen molar-refractivity contribution in [1.82, 2.24) is 0 Å². The number of benzene rings is 1. The molecule has 0 unspecified atom stereocenters. The minimum atomic E-state index is -4.85. The van der Waals surface area contributed by atoms with Crippen LogP contribution in [0.4, 0.5) is 24.5 Å². The number of carboxylic acid groups (broad SMARTS) is 1. The van der Waals surface area contributed by atoms with Crippen LogP contribution in [0.15, 0.2) is 30.9 Å². The third-order valence-corrected chi connectivity index (χ3v) is 2.51. The molecule has 9 heteroatoms. The van der Waals surface area contributed by atoms with E-state index in [1.54, 1.807) is 0 Å². The van der Waals surface area contributed by atoms with E-state index in [2.05, 4.69) is 6.58 Å². The maximum Gasteiger partial charge on any atom is 0.418 e. The van der Waals surface area contributed by atoms with Crippen LogP contribution >= 0.6 is 0 Å². The highest BCUT2D eigenvalue weighted by Gasteiger charge is 2.36. The van der Waals surface area contributed by atoms with E-state index in [9.17, 15) is 28.1 Å². The number of hydrogen-bond donors (Lipinski definition) is 1. The van der Waals surface area contributed by atoms with E-state index >= 15 is 0 Å². The van der Waals surface area contributed by atoms with Crippen molar-refractivity contribution in [1.29, 1.82) is 0 Å². The van der Waals surface area contributed by atoms with Crippen molar-refractivity contribution in [3.05, 3.63) is 46.5 Å². The number of carbonyl (C=O) groups is 1. The monoisotopic (exact) mass is 304 g/mol. The van der Waals surface area contributed by atoms with E-state index in [-0.39, 0.29) is 6.54 Å². The summed E-state index contributed by atoms with van der Waals surface area (Å²) in [5.74, 6) is -1.33. The van der Waals surface area contributed by atoms with E-state index < -0.39 is 40.6 Å². The molecule has 0 spiro atoms. The number of carboxylic acids is 1. The number of aliphatic carboxylic acids is 1. The Bertz CT molecular complexity index is 572. The lowest BCUT2D eigenvalue weighted by molar-refractivity contribution is -0.385. The fourth-order valence-electron chi connectivity index (χ4n) is 1.71. The van der Waals surface area contributed by atoms with Gasteiger partial charge in [0, 0.05) is 18.7 Å². The normalized spacial score (nSPS) is 11.0. The molecule has 0 saturated carbocycles. The van der Waals surface area contributed by atoms with Gasteiger partial charge >= 0.3 is 12.1 Å². The molecule has 1 rings (SSSR count). The summed E-state index contributed by atoms with van der Waals surface area (Å²) in [5.41, 5.74) is -2.44. The predicted molar refractivity (Wildman–Crippen MR) is 68.1 cm³/mol. The second kappa shape index (κ2) is 6.25. The first-order chi connectivity index (χ1) is 9.66. The number of nitro groups is 1. The quantitative estimate of drug-likeness (QED) is 0.496. The standard InChI is InChI=1S/C12H11F3N2O4/c1-2-5-16(7-11(18)19)10-4-3-8(17(20)21)6-9(10)12(13,14)15/h2-4,6H,1,5,7H2,(H,18,19). The van der Waals surface area contributed by atoms with E-state index in [0.717, 1.165) is 17.0 Å². The Hall–Kier alpha value is -2.58. The molecule has 0 aliphatic heterocycles. The predicted octanol–water partition coefficient (Wildman–Crippen LogP) is 2.69. The average Bonchev–Trinajstić information content (AvgIpc) is 2.36.